The second-order valence-corrected chi connectivity index (χ2v) is 5.04. The number of carbonyl (C=O) groups excluding carboxylic acids is 3. The highest BCUT2D eigenvalue weighted by molar-refractivity contribution is 7.80. The summed E-state index contributed by atoms with van der Waals surface area (Å²) in [5.41, 5.74) is 0. The van der Waals surface area contributed by atoms with Crippen molar-refractivity contribution < 1.29 is 14.4 Å². The van der Waals surface area contributed by atoms with Crippen molar-refractivity contribution in [3.63, 3.8) is 0 Å². The lowest BCUT2D eigenvalue weighted by atomic mass is 9.96. The Hall–Kier alpha value is -1.24. The van der Waals surface area contributed by atoms with Crippen LogP contribution in [0.4, 0.5) is 0 Å². The number of amides is 3. The van der Waals surface area contributed by atoms with E-state index in [1.165, 1.54) is 6.92 Å². The minimum absolute atomic E-state index is 0.0422. The molecule has 7 heteroatoms. The van der Waals surface area contributed by atoms with Gasteiger partial charge in [-0.25, -0.2) is 0 Å². The van der Waals surface area contributed by atoms with E-state index < -0.39 is 6.04 Å². The number of nitrogens with zero attached hydrogens (tertiary/aromatic N) is 1. The summed E-state index contributed by atoms with van der Waals surface area (Å²) in [4.78, 5) is 36.5. The fraction of sp³-hybridized carbons (Fsp3) is 0.750. The van der Waals surface area contributed by atoms with Crippen LogP contribution in [0.3, 0.4) is 0 Å². The maximum atomic E-state index is 12.3. The van der Waals surface area contributed by atoms with Crippen molar-refractivity contribution in [3.8, 4) is 0 Å². The molecule has 1 aliphatic heterocycles. The molecule has 0 bridgehead atoms. The standard InChI is InChI=1S/C12H21N3O3S/c1-8(16)14-10(7-19)12(18)15-5-3-4-9(6-15)11(17)13-2/h9-10,19H,3-7H2,1-2H3,(H,13,17)(H,14,16). The number of carbonyl (C=O) groups is 3. The number of piperidine rings is 1. The smallest absolute Gasteiger partial charge is 0.246 e. The van der Waals surface area contributed by atoms with E-state index in [0.29, 0.717) is 13.1 Å². The molecule has 19 heavy (non-hydrogen) atoms. The zero-order valence-electron chi connectivity index (χ0n) is 11.3. The molecule has 1 aliphatic rings. The Morgan fingerprint density at radius 3 is 2.63 bits per heavy atom. The Morgan fingerprint density at radius 2 is 2.11 bits per heavy atom. The van der Waals surface area contributed by atoms with Gasteiger partial charge in [0.05, 0.1) is 5.92 Å². The lowest BCUT2D eigenvalue weighted by molar-refractivity contribution is -0.138. The highest BCUT2D eigenvalue weighted by Gasteiger charge is 2.31. The summed E-state index contributed by atoms with van der Waals surface area (Å²) in [6, 6.07) is -0.621. The third-order valence-corrected chi connectivity index (χ3v) is 3.57. The van der Waals surface area contributed by atoms with Crippen molar-refractivity contribution in [2.24, 2.45) is 5.92 Å². The Kier molecular flexibility index (Phi) is 6.14. The lowest BCUT2D eigenvalue weighted by Gasteiger charge is -2.34. The van der Waals surface area contributed by atoms with Gasteiger partial charge in [0, 0.05) is 32.8 Å². The molecular formula is C12H21N3O3S. The van der Waals surface area contributed by atoms with Crippen molar-refractivity contribution in [3.05, 3.63) is 0 Å². The molecule has 0 saturated carbocycles. The molecule has 6 nitrogen and oxygen atoms in total. The molecule has 0 radical (unpaired) electrons. The normalized spacial score (nSPS) is 20.6. The van der Waals surface area contributed by atoms with E-state index in [1.807, 2.05) is 0 Å². The number of hydrogen-bond donors (Lipinski definition) is 3. The van der Waals surface area contributed by atoms with Crippen molar-refractivity contribution in [2.45, 2.75) is 25.8 Å². The van der Waals surface area contributed by atoms with Crippen molar-refractivity contribution in [2.75, 3.05) is 25.9 Å². The zero-order valence-corrected chi connectivity index (χ0v) is 12.2. The van der Waals surface area contributed by atoms with Gasteiger partial charge in [-0.15, -0.1) is 0 Å². The molecule has 0 aromatic carbocycles. The van der Waals surface area contributed by atoms with E-state index in [-0.39, 0.29) is 29.4 Å². The van der Waals surface area contributed by atoms with Crippen LogP contribution in [0.25, 0.3) is 0 Å². The minimum Gasteiger partial charge on any atom is -0.359 e. The molecule has 1 saturated heterocycles. The molecule has 0 aromatic rings. The van der Waals surface area contributed by atoms with Gasteiger partial charge in [0.25, 0.3) is 0 Å². The van der Waals surface area contributed by atoms with Crippen molar-refractivity contribution in [1.82, 2.24) is 15.5 Å². The highest BCUT2D eigenvalue weighted by atomic mass is 32.1. The Labute approximate surface area is 118 Å². The number of likely N-dealkylation sites (tertiary alicyclic amines) is 1. The first-order valence-corrected chi connectivity index (χ1v) is 7.01. The average molecular weight is 287 g/mol. The molecular weight excluding hydrogens is 266 g/mol. The molecule has 3 amide bonds. The van der Waals surface area contributed by atoms with Gasteiger partial charge in [-0.2, -0.15) is 12.6 Å². The van der Waals surface area contributed by atoms with Gasteiger partial charge in [0.1, 0.15) is 6.04 Å². The van der Waals surface area contributed by atoms with Gasteiger partial charge < -0.3 is 15.5 Å². The van der Waals surface area contributed by atoms with Crippen LogP contribution < -0.4 is 10.6 Å². The first-order valence-electron chi connectivity index (χ1n) is 6.38. The Balaban J connectivity index is 2.64. The predicted molar refractivity (Wildman–Crippen MR) is 74.8 cm³/mol. The van der Waals surface area contributed by atoms with Gasteiger partial charge in [-0.3, -0.25) is 14.4 Å². The molecule has 0 aliphatic carbocycles. The molecule has 0 spiro atoms. The van der Waals surface area contributed by atoms with Crippen molar-refractivity contribution >= 4 is 30.4 Å². The summed E-state index contributed by atoms with van der Waals surface area (Å²) in [5.74, 6) is -0.384. The summed E-state index contributed by atoms with van der Waals surface area (Å²) < 4.78 is 0. The fourth-order valence-corrected chi connectivity index (χ4v) is 2.49. The average Bonchev–Trinajstić information content (AvgIpc) is 2.43. The van der Waals surface area contributed by atoms with Crippen molar-refractivity contribution in [1.29, 1.82) is 0 Å². The maximum Gasteiger partial charge on any atom is 0.246 e. The second kappa shape index (κ2) is 7.37. The van der Waals surface area contributed by atoms with Gasteiger partial charge in [0.15, 0.2) is 0 Å². The summed E-state index contributed by atoms with van der Waals surface area (Å²) in [6.45, 7) is 2.39. The second-order valence-electron chi connectivity index (χ2n) is 4.67. The highest BCUT2D eigenvalue weighted by Crippen LogP contribution is 2.17. The van der Waals surface area contributed by atoms with Gasteiger partial charge in [-0.05, 0) is 12.8 Å². The lowest BCUT2D eigenvalue weighted by Crippen LogP contribution is -2.53. The summed E-state index contributed by atoms with van der Waals surface area (Å²) in [6.07, 6.45) is 1.58. The summed E-state index contributed by atoms with van der Waals surface area (Å²) in [5, 5.41) is 5.19. The summed E-state index contributed by atoms with van der Waals surface area (Å²) >= 11 is 4.09. The molecule has 1 rings (SSSR count). The van der Waals surface area contributed by atoms with Crippen LogP contribution in [0, 0.1) is 5.92 Å². The van der Waals surface area contributed by atoms with E-state index in [9.17, 15) is 14.4 Å². The van der Waals surface area contributed by atoms with Crippen LogP contribution in [0.5, 0.6) is 0 Å². The number of nitrogens with one attached hydrogen (secondary N) is 2. The van der Waals surface area contributed by atoms with Gasteiger partial charge >= 0.3 is 0 Å². The van der Waals surface area contributed by atoms with Crippen LogP contribution in [0.2, 0.25) is 0 Å². The molecule has 0 aromatic heterocycles. The molecule has 2 atom stereocenters. The molecule has 1 heterocycles. The number of rotatable bonds is 4. The van der Waals surface area contributed by atoms with E-state index >= 15 is 0 Å². The zero-order chi connectivity index (χ0) is 14.4. The first-order chi connectivity index (χ1) is 8.99. The summed E-state index contributed by atoms with van der Waals surface area (Å²) in [7, 11) is 1.59. The SMILES string of the molecule is CNC(=O)C1CCCN(C(=O)C(CS)NC(C)=O)C1. The quantitative estimate of drug-likeness (QED) is 0.605. The van der Waals surface area contributed by atoms with Crippen LogP contribution >= 0.6 is 12.6 Å². The maximum absolute atomic E-state index is 12.3. The molecule has 2 N–H and O–H groups in total. The van der Waals surface area contributed by atoms with E-state index in [4.69, 9.17) is 0 Å². The predicted octanol–water partition coefficient (Wildman–Crippen LogP) is -0.594. The minimum atomic E-state index is -0.621. The van der Waals surface area contributed by atoms with Crippen LogP contribution in [-0.2, 0) is 14.4 Å². The van der Waals surface area contributed by atoms with Gasteiger partial charge in [-0.1, -0.05) is 0 Å². The van der Waals surface area contributed by atoms with Crippen LogP contribution in [0.15, 0.2) is 0 Å². The van der Waals surface area contributed by atoms with Crippen LogP contribution in [-0.4, -0.2) is 54.6 Å². The topological polar surface area (TPSA) is 78.5 Å². The Morgan fingerprint density at radius 1 is 1.42 bits per heavy atom. The molecule has 1 fully saturated rings. The van der Waals surface area contributed by atoms with Gasteiger partial charge in [0.2, 0.25) is 17.7 Å². The van der Waals surface area contributed by atoms with E-state index in [0.717, 1.165) is 12.8 Å². The van der Waals surface area contributed by atoms with Crippen LogP contribution in [0.1, 0.15) is 19.8 Å². The number of hydrogen-bond acceptors (Lipinski definition) is 4. The largest absolute Gasteiger partial charge is 0.359 e. The first kappa shape index (κ1) is 15.8. The number of thiol groups is 1. The van der Waals surface area contributed by atoms with E-state index in [2.05, 4.69) is 23.3 Å². The van der Waals surface area contributed by atoms with E-state index in [1.54, 1.807) is 11.9 Å². The third-order valence-electron chi connectivity index (χ3n) is 3.21. The fourth-order valence-electron chi connectivity index (χ4n) is 2.25. The molecule has 2 unspecified atom stereocenters. The third kappa shape index (κ3) is 4.41. The Bertz CT molecular complexity index is 362. The molecule has 108 valence electrons. The monoisotopic (exact) mass is 287 g/mol.